The number of hydrogen-bond donors (Lipinski definition) is 0. The molecule has 0 bridgehead atoms. The number of rotatable bonds is 1. The summed E-state index contributed by atoms with van der Waals surface area (Å²) in [6.07, 6.45) is 4.10. The van der Waals surface area contributed by atoms with E-state index < -0.39 is 5.82 Å². The summed E-state index contributed by atoms with van der Waals surface area (Å²) in [5.41, 5.74) is 0.218. The molecule has 2 aromatic rings. The molecule has 0 aliphatic carbocycles. The molecule has 70 valence electrons. The summed E-state index contributed by atoms with van der Waals surface area (Å²) < 4.78 is 14.1. The zero-order chi connectivity index (χ0) is 9.97. The highest BCUT2D eigenvalue weighted by atomic mass is 19.1. The lowest BCUT2D eigenvalue weighted by atomic mass is 10.4. The molecule has 0 saturated heterocycles. The first-order valence-corrected chi connectivity index (χ1v) is 4.06. The molecule has 0 unspecified atom stereocenters. The lowest BCUT2D eigenvalue weighted by Crippen LogP contribution is -2.15. The normalized spacial score (nSPS) is 10.1. The van der Waals surface area contributed by atoms with Crippen LogP contribution >= 0.6 is 0 Å². The number of aromatic nitrogens is 2. The van der Waals surface area contributed by atoms with E-state index in [1.165, 1.54) is 22.9 Å². The van der Waals surface area contributed by atoms with Crippen LogP contribution in [0.2, 0.25) is 0 Å². The van der Waals surface area contributed by atoms with Gasteiger partial charge in [0.2, 0.25) is 0 Å². The molecule has 0 atom stereocenters. The van der Waals surface area contributed by atoms with Crippen LogP contribution in [0.3, 0.4) is 0 Å². The molecule has 3 nitrogen and oxygen atoms in total. The summed E-state index contributed by atoms with van der Waals surface area (Å²) in [5.74, 6) is -0.460. The molecule has 14 heavy (non-hydrogen) atoms. The van der Waals surface area contributed by atoms with Crippen molar-refractivity contribution in [3.8, 4) is 5.69 Å². The third-order valence-corrected chi connectivity index (χ3v) is 1.79. The van der Waals surface area contributed by atoms with Gasteiger partial charge in [0.25, 0.3) is 5.56 Å². The summed E-state index contributed by atoms with van der Waals surface area (Å²) in [7, 11) is 0. The van der Waals surface area contributed by atoms with Crippen LogP contribution in [0.1, 0.15) is 0 Å². The van der Waals surface area contributed by atoms with E-state index in [0.29, 0.717) is 5.69 Å². The molecule has 0 N–H and O–H groups in total. The molecular formula is C10H7FN2O. The molecule has 4 heteroatoms. The molecule has 2 aromatic heterocycles. The van der Waals surface area contributed by atoms with Gasteiger partial charge in [-0.2, -0.15) is 0 Å². The van der Waals surface area contributed by atoms with Crippen molar-refractivity contribution in [1.29, 1.82) is 0 Å². The van der Waals surface area contributed by atoms with Gasteiger partial charge in [-0.05, 0) is 6.07 Å². The van der Waals surface area contributed by atoms with Gasteiger partial charge in [-0.3, -0.25) is 14.3 Å². The topological polar surface area (TPSA) is 34.9 Å². The second-order valence-corrected chi connectivity index (χ2v) is 2.77. The van der Waals surface area contributed by atoms with E-state index in [9.17, 15) is 9.18 Å². The van der Waals surface area contributed by atoms with Crippen molar-refractivity contribution >= 4 is 0 Å². The lowest BCUT2D eigenvalue weighted by molar-refractivity contribution is 0.619. The highest BCUT2D eigenvalue weighted by molar-refractivity contribution is 5.28. The largest absolute Gasteiger partial charge is 0.283 e. The van der Waals surface area contributed by atoms with E-state index in [1.54, 1.807) is 18.3 Å². The fourth-order valence-corrected chi connectivity index (χ4v) is 1.17. The maximum absolute atomic E-state index is 12.8. The van der Waals surface area contributed by atoms with Crippen molar-refractivity contribution in [2.24, 2.45) is 0 Å². The van der Waals surface area contributed by atoms with Crippen molar-refractivity contribution in [1.82, 2.24) is 9.55 Å². The standard InChI is InChI=1S/C10H7FN2O/c11-8-5-9(7-12-6-8)13-4-2-1-3-10(13)14/h1-7H. The van der Waals surface area contributed by atoms with Crippen molar-refractivity contribution in [2.45, 2.75) is 0 Å². The summed E-state index contributed by atoms with van der Waals surface area (Å²) >= 11 is 0. The smallest absolute Gasteiger partial charge is 0.255 e. The van der Waals surface area contributed by atoms with Gasteiger partial charge in [-0.1, -0.05) is 6.07 Å². The van der Waals surface area contributed by atoms with Crippen LogP contribution in [0.15, 0.2) is 47.7 Å². The average molecular weight is 190 g/mol. The Morgan fingerprint density at radius 2 is 2.14 bits per heavy atom. The Morgan fingerprint density at radius 3 is 2.86 bits per heavy atom. The summed E-state index contributed by atoms with van der Waals surface area (Å²) in [5, 5.41) is 0. The molecule has 0 spiro atoms. The Bertz CT molecular complexity index is 507. The Kier molecular flexibility index (Phi) is 2.10. The maximum Gasteiger partial charge on any atom is 0.255 e. The quantitative estimate of drug-likeness (QED) is 0.680. The Morgan fingerprint density at radius 1 is 1.29 bits per heavy atom. The number of halogens is 1. The van der Waals surface area contributed by atoms with Crippen LogP contribution in [-0.4, -0.2) is 9.55 Å². The number of hydrogen-bond acceptors (Lipinski definition) is 2. The van der Waals surface area contributed by atoms with E-state index >= 15 is 0 Å². The van der Waals surface area contributed by atoms with Gasteiger partial charge in [-0.25, -0.2) is 4.39 Å². The second-order valence-electron chi connectivity index (χ2n) is 2.77. The minimum absolute atomic E-state index is 0.208. The van der Waals surface area contributed by atoms with Gasteiger partial charge in [0.05, 0.1) is 18.1 Å². The van der Waals surface area contributed by atoms with Crippen LogP contribution in [0, 0.1) is 5.82 Å². The van der Waals surface area contributed by atoms with Crippen LogP contribution in [0.25, 0.3) is 5.69 Å². The minimum Gasteiger partial charge on any atom is -0.283 e. The molecule has 0 amide bonds. The Hall–Kier alpha value is -1.97. The van der Waals surface area contributed by atoms with Crippen molar-refractivity contribution in [2.75, 3.05) is 0 Å². The Labute approximate surface area is 79.5 Å². The Balaban J connectivity index is 2.61. The minimum atomic E-state index is -0.460. The fourth-order valence-electron chi connectivity index (χ4n) is 1.17. The maximum atomic E-state index is 12.8. The number of nitrogens with zero attached hydrogens (tertiary/aromatic N) is 2. The van der Waals surface area contributed by atoms with Crippen LogP contribution in [0.5, 0.6) is 0 Å². The SMILES string of the molecule is O=c1ccccn1-c1cncc(F)c1. The molecular weight excluding hydrogens is 183 g/mol. The zero-order valence-corrected chi connectivity index (χ0v) is 7.22. The molecule has 0 radical (unpaired) electrons. The fraction of sp³-hybridized carbons (Fsp3) is 0. The molecule has 0 saturated carbocycles. The summed E-state index contributed by atoms with van der Waals surface area (Å²) in [4.78, 5) is 15.0. The zero-order valence-electron chi connectivity index (χ0n) is 7.22. The van der Waals surface area contributed by atoms with Gasteiger partial charge >= 0.3 is 0 Å². The molecule has 0 aliphatic heterocycles. The molecule has 2 rings (SSSR count). The molecule has 0 aromatic carbocycles. The monoisotopic (exact) mass is 190 g/mol. The van der Waals surface area contributed by atoms with E-state index in [-0.39, 0.29) is 5.56 Å². The average Bonchev–Trinajstić information content (AvgIpc) is 2.18. The van der Waals surface area contributed by atoms with Crippen molar-refractivity contribution < 1.29 is 4.39 Å². The van der Waals surface area contributed by atoms with E-state index in [0.717, 1.165) is 6.20 Å². The lowest BCUT2D eigenvalue weighted by Gasteiger charge is -2.03. The van der Waals surface area contributed by atoms with Crippen molar-refractivity contribution in [3.63, 3.8) is 0 Å². The van der Waals surface area contributed by atoms with Gasteiger partial charge in [0.1, 0.15) is 5.82 Å². The third kappa shape index (κ3) is 1.54. The first-order valence-electron chi connectivity index (χ1n) is 4.06. The molecule has 0 aliphatic rings. The number of pyridine rings is 2. The second kappa shape index (κ2) is 3.41. The van der Waals surface area contributed by atoms with E-state index in [1.807, 2.05) is 0 Å². The predicted octanol–water partition coefficient (Wildman–Crippen LogP) is 1.37. The van der Waals surface area contributed by atoms with Gasteiger partial charge in [0, 0.05) is 18.3 Å². The van der Waals surface area contributed by atoms with Gasteiger partial charge in [0.15, 0.2) is 0 Å². The predicted molar refractivity (Wildman–Crippen MR) is 49.8 cm³/mol. The first kappa shape index (κ1) is 8.62. The van der Waals surface area contributed by atoms with Gasteiger partial charge < -0.3 is 0 Å². The van der Waals surface area contributed by atoms with Crippen LogP contribution in [0.4, 0.5) is 4.39 Å². The first-order chi connectivity index (χ1) is 6.77. The summed E-state index contributed by atoms with van der Waals surface area (Å²) in [6.45, 7) is 0. The highest BCUT2D eigenvalue weighted by Crippen LogP contribution is 2.04. The van der Waals surface area contributed by atoms with Crippen molar-refractivity contribution in [3.05, 3.63) is 59.0 Å². The third-order valence-electron chi connectivity index (χ3n) is 1.79. The van der Waals surface area contributed by atoms with Crippen LogP contribution in [-0.2, 0) is 0 Å². The molecule has 0 fully saturated rings. The van der Waals surface area contributed by atoms with Crippen LogP contribution < -0.4 is 5.56 Å². The molecule has 2 heterocycles. The highest BCUT2D eigenvalue weighted by Gasteiger charge is 1.99. The summed E-state index contributed by atoms with van der Waals surface area (Å²) in [6, 6.07) is 6.00. The van der Waals surface area contributed by atoms with Gasteiger partial charge in [-0.15, -0.1) is 0 Å². The van der Waals surface area contributed by atoms with E-state index in [2.05, 4.69) is 4.98 Å². The van der Waals surface area contributed by atoms with E-state index in [4.69, 9.17) is 0 Å².